The van der Waals surface area contributed by atoms with Gasteiger partial charge in [-0.15, -0.1) is 0 Å². The molecule has 2 aromatic carbocycles. The van der Waals surface area contributed by atoms with Crippen LogP contribution in [0.4, 0.5) is 13.2 Å². The number of imidazole rings is 1. The highest BCUT2D eigenvalue weighted by molar-refractivity contribution is 5.95. The third kappa shape index (κ3) is 6.87. The molecule has 1 atom stereocenters. The monoisotopic (exact) mass is 567 g/mol. The van der Waals surface area contributed by atoms with Crippen molar-refractivity contribution in [2.45, 2.75) is 65.7 Å². The summed E-state index contributed by atoms with van der Waals surface area (Å²) in [6, 6.07) is 12.5. The van der Waals surface area contributed by atoms with Crippen LogP contribution in [0.3, 0.4) is 0 Å². The minimum atomic E-state index is -1.32. The zero-order valence-electron chi connectivity index (χ0n) is 23.4. The molecule has 0 saturated carbocycles. The molecule has 216 valence electrons. The van der Waals surface area contributed by atoms with Crippen molar-refractivity contribution >= 4 is 17.5 Å². The summed E-state index contributed by atoms with van der Waals surface area (Å²) in [6.07, 6.45) is 2.73. The molecule has 0 radical (unpaired) electrons. The number of carbonyl (C=O) groups excluding carboxylic acids is 2. The predicted octanol–water partition coefficient (Wildman–Crippen LogP) is 6.37. The van der Waals surface area contributed by atoms with Gasteiger partial charge in [0.25, 0.3) is 5.91 Å². The van der Waals surface area contributed by atoms with Gasteiger partial charge in [-0.25, -0.2) is 18.2 Å². The summed E-state index contributed by atoms with van der Waals surface area (Å²) in [7, 11) is 0. The lowest BCUT2D eigenvalue weighted by Crippen LogP contribution is -2.46. The number of esters is 1. The number of halogens is 3. The number of benzene rings is 2. The van der Waals surface area contributed by atoms with Crippen LogP contribution >= 0.6 is 0 Å². The minimum absolute atomic E-state index is 0.119. The molecule has 41 heavy (non-hydrogen) atoms. The van der Waals surface area contributed by atoms with E-state index < -0.39 is 41.1 Å². The molecule has 0 saturated heterocycles. The Hall–Kier alpha value is -4.34. The van der Waals surface area contributed by atoms with Crippen molar-refractivity contribution in [3.8, 4) is 5.75 Å². The molecule has 0 aliphatic carbocycles. The van der Waals surface area contributed by atoms with Crippen LogP contribution in [0.1, 0.15) is 66.0 Å². The highest BCUT2D eigenvalue weighted by atomic mass is 19.2. The summed E-state index contributed by atoms with van der Waals surface area (Å²) in [6.45, 7) is 6.81. The number of nitrogens with one attached hydrogen (secondary N) is 1. The number of ether oxygens (including phenoxy) is 2. The van der Waals surface area contributed by atoms with E-state index in [0.29, 0.717) is 30.2 Å². The van der Waals surface area contributed by atoms with E-state index in [1.54, 1.807) is 30.5 Å². The molecule has 1 amide bonds. The van der Waals surface area contributed by atoms with Gasteiger partial charge in [-0.3, -0.25) is 14.0 Å². The van der Waals surface area contributed by atoms with Crippen molar-refractivity contribution in [2.24, 2.45) is 0 Å². The molecule has 1 N–H and O–H groups in total. The Labute approximate surface area is 236 Å². The van der Waals surface area contributed by atoms with Crippen molar-refractivity contribution in [1.82, 2.24) is 14.7 Å². The summed E-state index contributed by atoms with van der Waals surface area (Å²) < 4.78 is 54.5. The van der Waals surface area contributed by atoms with Crippen LogP contribution in [0.2, 0.25) is 0 Å². The maximum Gasteiger partial charge on any atom is 0.306 e. The molecule has 4 aromatic rings. The van der Waals surface area contributed by atoms with Crippen molar-refractivity contribution in [3.05, 3.63) is 100 Å². The Morgan fingerprint density at radius 1 is 1.02 bits per heavy atom. The zero-order chi connectivity index (χ0) is 29.7. The molecule has 0 aliphatic heterocycles. The standard InChI is InChI=1S/C31H32F3N3O4/c1-5-31(4,14-13-26(38)41-17-21-9-7-6-8-10-21)36-30(39)28-20(3)35-29-25(15-19(2)16-37(28)29)40-18-22-23(32)11-12-24(33)27(22)34/h6-12,15-16H,5,13-14,17-18H2,1-4H3,(H,36,39). The van der Waals surface area contributed by atoms with Crippen molar-refractivity contribution in [3.63, 3.8) is 0 Å². The second-order valence-corrected chi connectivity index (χ2v) is 10.2. The Bertz CT molecular complexity index is 1570. The van der Waals surface area contributed by atoms with Crippen molar-refractivity contribution in [1.29, 1.82) is 0 Å². The lowest BCUT2D eigenvalue weighted by atomic mass is 9.92. The Balaban J connectivity index is 1.49. The van der Waals surface area contributed by atoms with Gasteiger partial charge in [0.1, 0.15) is 24.7 Å². The predicted molar refractivity (Wildman–Crippen MR) is 147 cm³/mol. The number of fused-ring (bicyclic) bond motifs is 1. The zero-order valence-corrected chi connectivity index (χ0v) is 23.4. The summed E-state index contributed by atoms with van der Waals surface area (Å²) in [5, 5.41) is 3.04. The SMILES string of the molecule is CCC(C)(CCC(=O)OCc1ccccc1)NC(=O)c1c(C)nc2c(OCc3c(F)ccc(F)c3F)cc(C)cn12. The maximum atomic E-state index is 14.2. The van der Waals surface area contributed by atoms with Gasteiger partial charge in [-0.1, -0.05) is 37.3 Å². The highest BCUT2D eigenvalue weighted by Gasteiger charge is 2.29. The molecule has 0 bridgehead atoms. The van der Waals surface area contributed by atoms with E-state index in [1.165, 1.54) is 0 Å². The first-order valence-electron chi connectivity index (χ1n) is 13.3. The van der Waals surface area contributed by atoms with Gasteiger partial charge in [0.15, 0.2) is 23.0 Å². The van der Waals surface area contributed by atoms with E-state index >= 15 is 0 Å². The molecule has 0 fully saturated rings. The lowest BCUT2D eigenvalue weighted by Gasteiger charge is -2.29. The maximum absolute atomic E-state index is 14.2. The number of amides is 1. The number of hydrogen-bond donors (Lipinski definition) is 1. The quantitative estimate of drug-likeness (QED) is 0.168. The Morgan fingerprint density at radius 2 is 1.73 bits per heavy atom. The lowest BCUT2D eigenvalue weighted by molar-refractivity contribution is -0.145. The topological polar surface area (TPSA) is 81.9 Å². The molecule has 0 spiro atoms. The van der Waals surface area contributed by atoms with E-state index in [-0.39, 0.29) is 36.1 Å². The normalized spacial score (nSPS) is 12.7. The fourth-order valence-corrected chi connectivity index (χ4v) is 4.44. The van der Waals surface area contributed by atoms with E-state index in [1.807, 2.05) is 44.2 Å². The van der Waals surface area contributed by atoms with Crippen LogP contribution < -0.4 is 10.1 Å². The van der Waals surface area contributed by atoms with Gasteiger partial charge in [0.05, 0.1) is 11.3 Å². The number of aryl methyl sites for hydroxylation is 2. The van der Waals surface area contributed by atoms with Crippen molar-refractivity contribution in [2.75, 3.05) is 0 Å². The Morgan fingerprint density at radius 3 is 2.44 bits per heavy atom. The van der Waals surface area contributed by atoms with Crippen LogP contribution in [0.5, 0.6) is 5.75 Å². The van der Waals surface area contributed by atoms with Gasteiger partial charge >= 0.3 is 5.97 Å². The number of carbonyl (C=O) groups is 2. The number of nitrogens with zero attached hydrogens (tertiary/aromatic N) is 2. The van der Waals surface area contributed by atoms with Crippen LogP contribution in [0.15, 0.2) is 54.7 Å². The van der Waals surface area contributed by atoms with Gasteiger partial charge < -0.3 is 14.8 Å². The number of pyridine rings is 1. The molecule has 7 nitrogen and oxygen atoms in total. The largest absolute Gasteiger partial charge is 0.485 e. The van der Waals surface area contributed by atoms with E-state index in [9.17, 15) is 22.8 Å². The fraction of sp³-hybridized carbons (Fsp3) is 0.323. The van der Waals surface area contributed by atoms with E-state index in [4.69, 9.17) is 9.47 Å². The minimum Gasteiger partial charge on any atom is -0.485 e. The summed E-state index contributed by atoms with van der Waals surface area (Å²) in [4.78, 5) is 30.4. The Kier molecular flexibility index (Phi) is 9.00. The number of aromatic nitrogens is 2. The average Bonchev–Trinajstić information content (AvgIpc) is 3.29. The van der Waals surface area contributed by atoms with Gasteiger partial charge in [-0.05, 0) is 62.9 Å². The van der Waals surface area contributed by atoms with E-state index in [2.05, 4.69) is 10.3 Å². The summed E-state index contributed by atoms with van der Waals surface area (Å²) in [5.74, 6) is -4.04. The van der Waals surface area contributed by atoms with Crippen molar-refractivity contribution < 1.29 is 32.2 Å². The second-order valence-electron chi connectivity index (χ2n) is 10.2. The molecule has 1 unspecified atom stereocenters. The van der Waals surface area contributed by atoms with Gasteiger partial charge in [0.2, 0.25) is 0 Å². The van der Waals surface area contributed by atoms with Gasteiger partial charge in [0, 0.05) is 18.2 Å². The van der Waals surface area contributed by atoms with Crippen LogP contribution in [0.25, 0.3) is 5.65 Å². The number of rotatable bonds is 11. The first-order chi connectivity index (χ1) is 19.5. The molecule has 2 aromatic heterocycles. The first-order valence-corrected chi connectivity index (χ1v) is 13.3. The molecule has 0 aliphatic rings. The summed E-state index contributed by atoms with van der Waals surface area (Å²) in [5.41, 5.74) is 1.24. The van der Waals surface area contributed by atoms with Crippen LogP contribution in [-0.4, -0.2) is 26.8 Å². The van der Waals surface area contributed by atoms with Crippen LogP contribution in [0, 0.1) is 31.3 Å². The van der Waals surface area contributed by atoms with Gasteiger partial charge in [-0.2, -0.15) is 0 Å². The highest BCUT2D eigenvalue weighted by Crippen LogP contribution is 2.27. The molecular weight excluding hydrogens is 535 g/mol. The average molecular weight is 568 g/mol. The van der Waals surface area contributed by atoms with E-state index in [0.717, 1.165) is 11.6 Å². The smallest absolute Gasteiger partial charge is 0.306 e. The molecule has 10 heteroatoms. The molecular formula is C31H32F3N3O4. The third-order valence-corrected chi connectivity index (χ3v) is 7.04. The first kappa shape index (κ1) is 29.6. The summed E-state index contributed by atoms with van der Waals surface area (Å²) >= 11 is 0. The molecule has 2 heterocycles. The number of hydrogen-bond acceptors (Lipinski definition) is 5. The third-order valence-electron chi connectivity index (χ3n) is 7.04. The van der Waals surface area contributed by atoms with Crippen LogP contribution in [-0.2, 0) is 22.7 Å². The second kappa shape index (κ2) is 12.4. The fourth-order valence-electron chi connectivity index (χ4n) is 4.44. The molecule has 4 rings (SSSR count).